The van der Waals surface area contributed by atoms with Gasteiger partial charge in [-0.1, -0.05) is 6.92 Å². The maximum absolute atomic E-state index is 8.97. The lowest BCUT2D eigenvalue weighted by atomic mass is 10.3. The largest absolute Gasteiger partial charge is 0.395 e. The molecule has 4 nitrogen and oxygen atoms in total. The molecule has 1 saturated heterocycles. The first-order valence-corrected chi connectivity index (χ1v) is 6.50. The van der Waals surface area contributed by atoms with Crippen LogP contribution in [-0.2, 0) is 0 Å². The van der Waals surface area contributed by atoms with E-state index >= 15 is 0 Å². The molecule has 0 amide bonds. The molecule has 1 heterocycles. The molecule has 0 radical (unpaired) electrons. The lowest BCUT2D eigenvalue weighted by Crippen LogP contribution is -2.47. The van der Waals surface area contributed by atoms with Gasteiger partial charge in [0.1, 0.15) is 0 Å². The van der Waals surface area contributed by atoms with Gasteiger partial charge in [-0.15, -0.1) is 0 Å². The predicted molar refractivity (Wildman–Crippen MR) is 67.8 cm³/mol. The summed E-state index contributed by atoms with van der Waals surface area (Å²) in [6, 6.07) is 0. The summed E-state index contributed by atoms with van der Waals surface area (Å²) in [7, 11) is 2.19. The maximum atomic E-state index is 8.97. The van der Waals surface area contributed by atoms with E-state index in [-0.39, 0.29) is 6.61 Å². The zero-order chi connectivity index (χ0) is 11.8. The first-order chi connectivity index (χ1) is 7.76. The smallest absolute Gasteiger partial charge is 0.0558 e. The van der Waals surface area contributed by atoms with Crippen molar-refractivity contribution in [3.8, 4) is 0 Å². The molecule has 0 bridgehead atoms. The SMILES string of the molecule is CCCN(CCO)CCN1CCN(C)CC1. The van der Waals surface area contributed by atoms with E-state index in [4.69, 9.17) is 5.11 Å². The lowest BCUT2D eigenvalue weighted by molar-refractivity contribution is 0.126. The van der Waals surface area contributed by atoms with Gasteiger partial charge in [-0.05, 0) is 20.0 Å². The molecular weight excluding hydrogens is 202 g/mol. The van der Waals surface area contributed by atoms with Crippen molar-refractivity contribution < 1.29 is 5.11 Å². The molecule has 16 heavy (non-hydrogen) atoms. The number of aliphatic hydroxyl groups excluding tert-OH is 1. The maximum Gasteiger partial charge on any atom is 0.0558 e. The Bertz CT molecular complexity index is 164. The number of hydrogen-bond acceptors (Lipinski definition) is 4. The summed E-state index contributed by atoms with van der Waals surface area (Å²) in [6.45, 7) is 11.4. The van der Waals surface area contributed by atoms with Crippen LogP contribution < -0.4 is 0 Å². The van der Waals surface area contributed by atoms with Crippen LogP contribution in [0.15, 0.2) is 0 Å². The van der Waals surface area contributed by atoms with Crippen molar-refractivity contribution in [2.45, 2.75) is 13.3 Å². The van der Waals surface area contributed by atoms with E-state index in [0.717, 1.165) is 26.2 Å². The Balaban J connectivity index is 2.15. The van der Waals surface area contributed by atoms with Gasteiger partial charge in [0.15, 0.2) is 0 Å². The molecule has 0 aliphatic carbocycles. The van der Waals surface area contributed by atoms with E-state index in [2.05, 4.69) is 28.7 Å². The van der Waals surface area contributed by atoms with Gasteiger partial charge in [-0.2, -0.15) is 0 Å². The van der Waals surface area contributed by atoms with Crippen LogP contribution in [0.4, 0.5) is 0 Å². The molecular formula is C12H27N3O. The van der Waals surface area contributed by atoms with Crippen molar-refractivity contribution in [2.24, 2.45) is 0 Å². The second kappa shape index (κ2) is 8.01. The Morgan fingerprint density at radius 1 is 1.06 bits per heavy atom. The Hall–Kier alpha value is -0.160. The molecule has 96 valence electrons. The van der Waals surface area contributed by atoms with Crippen molar-refractivity contribution in [3.05, 3.63) is 0 Å². The third-order valence-corrected chi connectivity index (χ3v) is 3.28. The first-order valence-electron chi connectivity index (χ1n) is 6.50. The fraction of sp³-hybridized carbons (Fsp3) is 1.00. The highest BCUT2D eigenvalue weighted by molar-refractivity contribution is 4.70. The normalized spacial score (nSPS) is 19.5. The highest BCUT2D eigenvalue weighted by atomic mass is 16.3. The van der Waals surface area contributed by atoms with Crippen molar-refractivity contribution in [2.75, 3.05) is 66.0 Å². The molecule has 0 atom stereocenters. The standard InChI is InChI=1S/C12H27N3O/c1-3-4-14(11-12-16)9-10-15-7-5-13(2)6-8-15/h16H,3-12H2,1-2H3. The van der Waals surface area contributed by atoms with E-state index in [0.29, 0.717) is 0 Å². The number of nitrogens with zero attached hydrogens (tertiary/aromatic N) is 3. The van der Waals surface area contributed by atoms with Gasteiger partial charge in [0.25, 0.3) is 0 Å². The van der Waals surface area contributed by atoms with Crippen LogP contribution in [0.1, 0.15) is 13.3 Å². The van der Waals surface area contributed by atoms with Crippen LogP contribution in [0.5, 0.6) is 0 Å². The number of aliphatic hydroxyl groups is 1. The van der Waals surface area contributed by atoms with Crippen molar-refractivity contribution in [3.63, 3.8) is 0 Å². The average Bonchev–Trinajstić information content (AvgIpc) is 2.29. The van der Waals surface area contributed by atoms with Gasteiger partial charge < -0.3 is 10.0 Å². The Labute approximate surface area is 99.8 Å². The van der Waals surface area contributed by atoms with Crippen LogP contribution >= 0.6 is 0 Å². The van der Waals surface area contributed by atoms with Gasteiger partial charge in [0.05, 0.1) is 6.61 Å². The summed E-state index contributed by atoms with van der Waals surface area (Å²) in [5.74, 6) is 0. The van der Waals surface area contributed by atoms with Crippen molar-refractivity contribution in [1.29, 1.82) is 0 Å². The minimum atomic E-state index is 0.280. The van der Waals surface area contributed by atoms with Gasteiger partial charge in [0, 0.05) is 45.8 Å². The molecule has 1 N–H and O–H groups in total. The zero-order valence-electron chi connectivity index (χ0n) is 10.9. The van der Waals surface area contributed by atoms with E-state index in [1.54, 1.807) is 0 Å². The summed E-state index contributed by atoms with van der Waals surface area (Å²) in [5, 5.41) is 8.97. The Kier molecular flexibility index (Phi) is 6.96. The molecule has 1 fully saturated rings. The molecule has 1 aliphatic heterocycles. The topological polar surface area (TPSA) is 30.0 Å². The minimum Gasteiger partial charge on any atom is -0.395 e. The summed E-state index contributed by atoms with van der Waals surface area (Å²) in [6.07, 6.45) is 1.17. The molecule has 0 aromatic heterocycles. The summed E-state index contributed by atoms with van der Waals surface area (Å²) in [4.78, 5) is 7.27. The first kappa shape index (κ1) is 13.9. The van der Waals surface area contributed by atoms with Crippen LogP contribution in [0.2, 0.25) is 0 Å². The Morgan fingerprint density at radius 2 is 1.75 bits per heavy atom. The lowest BCUT2D eigenvalue weighted by Gasteiger charge is -2.33. The van der Waals surface area contributed by atoms with Crippen LogP contribution in [-0.4, -0.2) is 85.8 Å². The fourth-order valence-electron chi connectivity index (χ4n) is 2.15. The highest BCUT2D eigenvalue weighted by Gasteiger charge is 2.14. The van der Waals surface area contributed by atoms with Crippen molar-refractivity contribution in [1.82, 2.24) is 14.7 Å². The zero-order valence-corrected chi connectivity index (χ0v) is 10.9. The van der Waals surface area contributed by atoms with E-state index < -0.39 is 0 Å². The predicted octanol–water partition coefficient (Wildman–Crippen LogP) is -0.0619. The number of piperazine rings is 1. The van der Waals surface area contributed by atoms with Gasteiger partial charge >= 0.3 is 0 Å². The number of rotatable bonds is 7. The quantitative estimate of drug-likeness (QED) is 0.662. The summed E-state index contributed by atoms with van der Waals surface area (Å²) in [5.41, 5.74) is 0. The molecule has 1 aliphatic rings. The molecule has 1 rings (SSSR count). The highest BCUT2D eigenvalue weighted by Crippen LogP contribution is 2.00. The van der Waals surface area contributed by atoms with Gasteiger partial charge in [-0.3, -0.25) is 9.80 Å². The summed E-state index contributed by atoms with van der Waals surface area (Å²) >= 11 is 0. The molecule has 4 heteroatoms. The second-order valence-corrected chi connectivity index (χ2v) is 4.71. The van der Waals surface area contributed by atoms with Crippen molar-refractivity contribution >= 4 is 0 Å². The van der Waals surface area contributed by atoms with E-state index in [1.807, 2.05) is 0 Å². The molecule has 0 spiro atoms. The van der Waals surface area contributed by atoms with Gasteiger partial charge in [0.2, 0.25) is 0 Å². The number of hydrogen-bond donors (Lipinski definition) is 1. The summed E-state index contributed by atoms with van der Waals surface area (Å²) < 4.78 is 0. The van der Waals surface area contributed by atoms with E-state index in [9.17, 15) is 0 Å². The molecule has 0 saturated carbocycles. The third kappa shape index (κ3) is 5.25. The van der Waals surface area contributed by atoms with Gasteiger partial charge in [-0.25, -0.2) is 0 Å². The van der Waals surface area contributed by atoms with Crippen LogP contribution in [0.3, 0.4) is 0 Å². The minimum absolute atomic E-state index is 0.280. The molecule has 0 aromatic rings. The second-order valence-electron chi connectivity index (χ2n) is 4.71. The monoisotopic (exact) mass is 229 g/mol. The molecule has 0 aromatic carbocycles. The third-order valence-electron chi connectivity index (χ3n) is 3.28. The van der Waals surface area contributed by atoms with E-state index in [1.165, 1.54) is 32.6 Å². The Morgan fingerprint density at radius 3 is 2.31 bits per heavy atom. The fourth-order valence-corrected chi connectivity index (χ4v) is 2.15. The molecule has 0 unspecified atom stereocenters. The van der Waals surface area contributed by atoms with Crippen LogP contribution in [0.25, 0.3) is 0 Å². The number of likely N-dealkylation sites (N-methyl/N-ethyl adjacent to an activating group) is 1. The average molecular weight is 229 g/mol. The van der Waals surface area contributed by atoms with Crippen LogP contribution in [0, 0.1) is 0 Å².